The van der Waals surface area contributed by atoms with E-state index in [2.05, 4.69) is 20.7 Å². The molecule has 0 bridgehead atoms. The van der Waals surface area contributed by atoms with Crippen LogP contribution in [0.25, 0.3) is 0 Å². The van der Waals surface area contributed by atoms with E-state index in [4.69, 9.17) is 22.1 Å². The van der Waals surface area contributed by atoms with Crippen molar-refractivity contribution in [3.8, 4) is 0 Å². The predicted molar refractivity (Wildman–Crippen MR) is 83.7 cm³/mol. The predicted octanol–water partition coefficient (Wildman–Crippen LogP) is 1.89. The molecule has 2 fully saturated rings. The second-order valence-corrected chi connectivity index (χ2v) is 8.42. The Morgan fingerprint density at radius 1 is 1.43 bits per heavy atom. The fourth-order valence-corrected chi connectivity index (χ4v) is 4.94. The number of rotatable bonds is 3. The van der Waals surface area contributed by atoms with Crippen LogP contribution in [0.1, 0.15) is 12.8 Å². The Kier molecular flexibility index (Phi) is 4.33. The summed E-state index contributed by atoms with van der Waals surface area (Å²) in [6.07, 6.45) is 1.87. The molecule has 1 aliphatic carbocycles. The van der Waals surface area contributed by atoms with Gasteiger partial charge in [-0.15, -0.1) is 0 Å². The third-order valence-electron chi connectivity index (χ3n) is 4.17. The van der Waals surface area contributed by atoms with E-state index in [-0.39, 0.29) is 29.0 Å². The highest BCUT2D eigenvalue weighted by Crippen LogP contribution is 2.37. The first-order valence-electron chi connectivity index (χ1n) is 6.75. The average molecular weight is 396 g/mol. The molecule has 0 radical (unpaired) electrons. The fraction of sp³-hybridized carbons (Fsp3) is 0.538. The molecule has 0 amide bonds. The minimum Gasteiger partial charge on any atom is -0.376 e. The van der Waals surface area contributed by atoms with Crippen LogP contribution in [0.4, 0.5) is 0 Å². The number of benzene rings is 1. The van der Waals surface area contributed by atoms with Crippen molar-refractivity contribution in [2.75, 3.05) is 6.61 Å². The van der Waals surface area contributed by atoms with Gasteiger partial charge in [0.2, 0.25) is 10.0 Å². The van der Waals surface area contributed by atoms with Crippen LogP contribution in [0, 0.1) is 5.92 Å². The van der Waals surface area contributed by atoms with Crippen LogP contribution < -0.4 is 10.5 Å². The summed E-state index contributed by atoms with van der Waals surface area (Å²) < 4.78 is 33.7. The van der Waals surface area contributed by atoms with Gasteiger partial charge in [0.25, 0.3) is 0 Å². The maximum absolute atomic E-state index is 12.4. The summed E-state index contributed by atoms with van der Waals surface area (Å²) in [5.41, 5.74) is 6.08. The standard InChI is InChI=1S/C13H16BrClN2O3S/c14-9-6-7(3-4-10(9)15)21(18,19)17-12-11(16)8-2-1-5-20-13(8)12/h3-4,6,8,11-13,17H,1-2,5,16H2. The Labute approximate surface area is 137 Å². The largest absolute Gasteiger partial charge is 0.376 e. The maximum atomic E-state index is 12.4. The van der Waals surface area contributed by atoms with Gasteiger partial charge in [0, 0.05) is 23.0 Å². The summed E-state index contributed by atoms with van der Waals surface area (Å²) in [6, 6.07) is 3.93. The van der Waals surface area contributed by atoms with Crippen LogP contribution in [-0.2, 0) is 14.8 Å². The van der Waals surface area contributed by atoms with E-state index in [0.717, 1.165) is 12.8 Å². The lowest BCUT2D eigenvalue weighted by Crippen LogP contribution is -2.71. The number of sulfonamides is 1. The number of ether oxygens (including phenoxy) is 1. The van der Waals surface area contributed by atoms with E-state index >= 15 is 0 Å². The van der Waals surface area contributed by atoms with Gasteiger partial charge in [0.15, 0.2) is 0 Å². The van der Waals surface area contributed by atoms with Gasteiger partial charge in [-0.1, -0.05) is 11.6 Å². The third kappa shape index (κ3) is 2.87. The van der Waals surface area contributed by atoms with Gasteiger partial charge in [-0.3, -0.25) is 0 Å². The fourth-order valence-electron chi connectivity index (χ4n) is 2.98. The maximum Gasteiger partial charge on any atom is 0.241 e. The zero-order valence-electron chi connectivity index (χ0n) is 11.1. The molecule has 8 heteroatoms. The molecule has 1 aliphatic heterocycles. The molecule has 1 aromatic carbocycles. The molecular formula is C13H16BrClN2O3S. The topological polar surface area (TPSA) is 81.4 Å². The van der Waals surface area contributed by atoms with Crippen molar-refractivity contribution in [1.82, 2.24) is 4.72 Å². The molecule has 1 saturated heterocycles. The van der Waals surface area contributed by atoms with Crippen molar-refractivity contribution in [2.45, 2.75) is 35.9 Å². The first kappa shape index (κ1) is 15.7. The minimum absolute atomic E-state index is 0.112. The SMILES string of the molecule is NC1C2CCCOC2C1NS(=O)(=O)c1ccc(Cl)c(Br)c1. The van der Waals surface area contributed by atoms with Crippen molar-refractivity contribution >= 4 is 37.6 Å². The smallest absolute Gasteiger partial charge is 0.241 e. The summed E-state index contributed by atoms with van der Waals surface area (Å²) in [7, 11) is -3.64. The third-order valence-corrected chi connectivity index (χ3v) is 6.84. The molecule has 3 rings (SSSR count). The number of hydrogen-bond acceptors (Lipinski definition) is 4. The highest BCUT2D eigenvalue weighted by Gasteiger charge is 2.51. The highest BCUT2D eigenvalue weighted by molar-refractivity contribution is 9.10. The van der Waals surface area contributed by atoms with E-state index < -0.39 is 10.0 Å². The lowest BCUT2D eigenvalue weighted by atomic mass is 9.69. The summed E-state index contributed by atoms with van der Waals surface area (Å²) >= 11 is 9.12. The second kappa shape index (κ2) is 5.79. The number of halogens is 2. The summed E-state index contributed by atoms with van der Waals surface area (Å²) in [5, 5.41) is 0.463. The Morgan fingerprint density at radius 3 is 2.90 bits per heavy atom. The Balaban J connectivity index is 1.78. The van der Waals surface area contributed by atoms with Crippen LogP contribution in [0.2, 0.25) is 5.02 Å². The molecule has 2 aliphatic rings. The van der Waals surface area contributed by atoms with Crippen LogP contribution in [0.15, 0.2) is 27.6 Å². The lowest BCUT2D eigenvalue weighted by molar-refractivity contribution is -0.114. The van der Waals surface area contributed by atoms with Crippen molar-refractivity contribution in [2.24, 2.45) is 11.7 Å². The molecule has 1 heterocycles. The van der Waals surface area contributed by atoms with E-state index in [9.17, 15) is 8.42 Å². The Hall–Kier alpha value is -0.180. The van der Waals surface area contributed by atoms with Crippen molar-refractivity contribution in [3.63, 3.8) is 0 Å². The number of nitrogens with two attached hydrogens (primary N) is 1. The van der Waals surface area contributed by atoms with E-state index in [1.807, 2.05) is 0 Å². The number of hydrogen-bond donors (Lipinski definition) is 2. The van der Waals surface area contributed by atoms with Gasteiger partial charge in [0.05, 0.1) is 22.1 Å². The average Bonchev–Trinajstić information content (AvgIpc) is 2.47. The normalized spacial score (nSPS) is 32.3. The van der Waals surface area contributed by atoms with Gasteiger partial charge in [-0.05, 0) is 47.0 Å². The molecule has 0 aromatic heterocycles. The molecule has 3 N–H and O–H groups in total. The van der Waals surface area contributed by atoms with Crippen LogP contribution in [-0.4, -0.2) is 33.2 Å². The summed E-state index contributed by atoms with van der Waals surface area (Å²) in [5.74, 6) is 0.253. The summed E-state index contributed by atoms with van der Waals surface area (Å²) in [4.78, 5) is 0.158. The molecule has 21 heavy (non-hydrogen) atoms. The van der Waals surface area contributed by atoms with Gasteiger partial charge in [-0.2, -0.15) is 0 Å². The van der Waals surface area contributed by atoms with Gasteiger partial charge in [0.1, 0.15) is 0 Å². The second-order valence-electron chi connectivity index (χ2n) is 5.44. The molecule has 4 atom stereocenters. The lowest BCUT2D eigenvalue weighted by Gasteiger charge is -2.52. The van der Waals surface area contributed by atoms with Crippen molar-refractivity contribution in [3.05, 3.63) is 27.7 Å². The highest BCUT2D eigenvalue weighted by atomic mass is 79.9. The molecular weight excluding hydrogens is 380 g/mol. The zero-order valence-corrected chi connectivity index (χ0v) is 14.3. The zero-order chi connectivity index (χ0) is 15.2. The molecule has 116 valence electrons. The van der Waals surface area contributed by atoms with E-state index in [0.29, 0.717) is 16.1 Å². The Morgan fingerprint density at radius 2 is 2.19 bits per heavy atom. The monoisotopic (exact) mass is 394 g/mol. The molecule has 1 aromatic rings. The molecule has 0 spiro atoms. The molecule has 1 saturated carbocycles. The minimum atomic E-state index is -3.64. The molecule has 5 nitrogen and oxygen atoms in total. The van der Waals surface area contributed by atoms with E-state index in [1.165, 1.54) is 12.1 Å². The number of nitrogens with one attached hydrogen (secondary N) is 1. The van der Waals surface area contributed by atoms with E-state index in [1.54, 1.807) is 6.07 Å². The number of fused-ring (bicyclic) bond motifs is 1. The van der Waals surface area contributed by atoms with Crippen LogP contribution >= 0.6 is 27.5 Å². The van der Waals surface area contributed by atoms with Gasteiger partial charge >= 0.3 is 0 Å². The van der Waals surface area contributed by atoms with Gasteiger partial charge < -0.3 is 10.5 Å². The first-order valence-corrected chi connectivity index (χ1v) is 9.40. The van der Waals surface area contributed by atoms with Crippen molar-refractivity contribution in [1.29, 1.82) is 0 Å². The van der Waals surface area contributed by atoms with Crippen molar-refractivity contribution < 1.29 is 13.2 Å². The van der Waals surface area contributed by atoms with Crippen LogP contribution in [0.5, 0.6) is 0 Å². The van der Waals surface area contributed by atoms with Crippen LogP contribution in [0.3, 0.4) is 0 Å². The van der Waals surface area contributed by atoms with Gasteiger partial charge in [-0.25, -0.2) is 13.1 Å². The molecule has 4 unspecified atom stereocenters. The quantitative estimate of drug-likeness (QED) is 0.819. The summed E-state index contributed by atoms with van der Waals surface area (Å²) in [6.45, 7) is 0.665. The first-order chi connectivity index (χ1) is 9.90. The Bertz CT molecular complexity index is 655.